The van der Waals surface area contributed by atoms with Gasteiger partial charge in [0.05, 0.1) is 10.6 Å². The van der Waals surface area contributed by atoms with Gasteiger partial charge in [0.1, 0.15) is 18.0 Å². The Bertz CT molecular complexity index is 666. The molecule has 4 N–H and O–H groups in total. The van der Waals surface area contributed by atoms with Crippen LogP contribution in [0.1, 0.15) is 0 Å². The van der Waals surface area contributed by atoms with E-state index in [0.717, 1.165) is 18.5 Å². The predicted molar refractivity (Wildman–Crippen MR) is 66.1 cm³/mol. The number of rotatable bonds is 4. The van der Waals surface area contributed by atoms with E-state index in [1.807, 2.05) is 5.43 Å². The van der Waals surface area contributed by atoms with Crippen LogP contribution in [0.5, 0.6) is 0 Å². The standard InChI is InChI=1S/C10H8F2N6O2/c11-5-1-2-7(6(12)3-5)16-9-8(18(19)20)10(17-13)15-4-14-9/h1-4H,13H2,(H2,14,15,16,17). The summed E-state index contributed by atoms with van der Waals surface area (Å²) in [4.78, 5) is 17.4. The molecule has 10 heteroatoms. The lowest BCUT2D eigenvalue weighted by Gasteiger charge is -2.08. The summed E-state index contributed by atoms with van der Waals surface area (Å²) in [5.74, 6) is 2.90. The lowest BCUT2D eigenvalue weighted by Crippen LogP contribution is -2.13. The van der Waals surface area contributed by atoms with E-state index < -0.39 is 22.2 Å². The third-order valence-corrected chi connectivity index (χ3v) is 2.33. The van der Waals surface area contributed by atoms with Crippen LogP contribution in [0.15, 0.2) is 24.5 Å². The molecule has 0 fully saturated rings. The van der Waals surface area contributed by atoms with Crippen LogP contribution in [0.4, 0.5) is 31.8 Å². The van der Waals surface area contributed by atoms with Gasteiger partial charge in [-0.05, 0) is 12.1 Å². The number of nitrogen functional groups attached to an aromatic ring is 1. The van der Waals surface area contributed by atoms with Gasteiger partial charge in [-0.25, -0.2) is 24.6 Å². The minimum absolute atomic E-state index is 0.170. The maximum atomic E-state index is 13.5. The van der Waals surface area contributed by atoms with Crippen LogP contribution in [0, 0.1) is 21.7 Å². The first-order valence-electron chi connectivity index (χ1n) is 5.21. The van der Waals surface area contributed by atoms with E-state index in [1.165, 1.54) is 0 Å². The summed E-state index contributed by atoms with van der Waals surface area (Å²) >= 11 is 0. The Labute approximate surface area is 110 Å². The van der Waals surface area contributed by atoms with Crippen molar-refractivity contribution >= 4 is 23.0 Å². The topological polar surface area (TPSA) is 119 Å². The minimum Gasteiger partial charge on any atom is -0.332 e. The zero-order chi connectivity index (χ0) is 14.7. The second-order valence-electron chi connectivity index (χ2n) is 3.57. The summed E-state index contributed by atoms with van der Waals surface area (Å²) in [5.41, 5.74) is 1.31. The molecule has 20 heavy (non-hydrogen) atoms. The maximum Gasteiger partial charge on any atom is 0.354 e. The fraction of sp³-hybridized carbons (Fsp3) is 0. The second kappa shape index (κ2) is 5.40. The monoisotopic (exact) mass is 282 g/mol. The number of nitrogens with one attached hydrogen (secondary N) is 2. The number of hydrogen-bond acceptors (Lipinski definition) is 7. The number of aromatic nitrogens is 2. The molecule has 0 bridgehead atoms. The number of nitro groups is 1. The first-order chi connectivity index (χ1) is 9.52. The van der Waals surface area contributed by atoms with Gasteiger partial charge in [-0.1, -0.05) is 0 Å². The molecule has 104 valence electrons. The van der Waals surface area contributed by atoms with Crippen LogP contribution >= 0.6 is 0 Å². The van der Waals surface area contributed by atoms with Crippen molar-refractivity contribution in [3.8, 4) is 0 Å². The molecule has 0 aliphatic carbocycles. The number of halogens is 2. The van der Waals surface area contributed by atoms with Gasteiger partial charge in [-0.3, -0.25) is 10.1 Å². The number of nitrogens with two attached hydrogens (primary N) is 1. The van der Waals surface area contributed by atoms with Gasteiger partial charge in [0.25, 0.3) is 0 Å². The highest BCUT2D eigenvalue weighted by molar-refractivity contribution is 5.73. The van der Waals surface area contributed by atoms with Crippen molar-refractivity contribution in [3.63, 3.8) is 0 Å². The molecule has 1 aromatic heterocycles. The largest absolute Gasteiger partial charge is 0.354 e. The molecule has 8 nitrogen and oxygen atoms in total. The van der Waals surface area contributed by atoms with Crippen LogP contribution in [0.3, 0.4) is 0 Å². The van der Waals surface area contributed by atoms with Gasteiger partial charge < -0.3 is 10.7 Å². The van der Waals surface area contributed by atoms with E-state index in [0.29, 0.717) is 6.07 Å². The highest BCUT2D eigenvalue weighted by Gasteiger charge is 2.23. The molecular formula is C10H8F2N6O2. The van der Waals surface area contributed by atoms with E-state index >= 15 is 0 Å². The number of hydrogen-bond donors (Lipinski definition) is 3. The fourth-order valence-electron chi connectivity index (χ4n) is 1.47. The molecule has 0 aliphatic rings. The SMILES string of the molecule is NNc1ncnc(Nc2ccc(F)cc2F)c1[N+](=O)[O-]. The van der Waals surface area contributed by atoms with Crippen molar-refractivity contribution in [1.29, 1.82) is 0 Å². The fourth-order valence-corrected chi connectivity index (χ4v) is 1.47. The molecule has 1 aromatic carbocycles. The molecule has 0 saturated heterocycles. The van der Waals surface area contributed by atoms with Gasteiger partial charge in [-0.2, -0.15) is 0 Å². The van der Waals surface area contributed by atoms with Gasteiger partial charge in [0.15, 0.2) is 0 Å². The third-order valence-electron chi connectivity index (χ3n) is 2.33. The summed E-state index contributed by atoms with van der Waals surface area (Å²) in [6, 6.07) is 2.73. The Hall–Kier alpha value is -2.88. The summed E-state index contributed by atoms with van der Waals surface area (Å²) in [5, 5.41) is 13.4. The van der Waals surface area contributed by atoms with Crippen LogP contribution in [0.25, 0.3) is 0 Å². The van der Waals surface area contributed by atoms with Crippen molar-refractivity contribution < 1.29 is 13.7 Å². The zero-order valence-electron chi connectivity index (χ0n) is 9.80. The molecule has 0 saturated carbocycles. The summed E-state index contributed by atoms with van der Waals surface area (Å²) in [6.45, 7) is 0. The van der Waals surface area contributed by atoms with Gasteiger partial charge in [-0.15, -0.1) is 0 Å². The van der Waals surface area contributed by atoms with Crippen molar-refractivity contribution in [2.24, 2.45) is 5.84 Å². The minimum atomic E-state index is -0.917. The van der Waals surface area contributed by atoms with Crippen LogP contribution < -0.4 is 16.6 Å². The molecule has 0 radical (unpaired) electrons. The van der Waals surface area contributed by atoms with Crippen molar-refractivity contribution in [1.82, 2.24) is 9.97 Å². The first-order valence-corrected chi connectivity index (χ1v) is 5.21. The molecule has 0 aliphatic heterocycles. The summed E-state index contributed by atoms with van der Waals surface area (Å²) in [7, 11) is 0. The quantitative estimate of drug-likeness (QED) is 0.443. The smallest absolute Gasteiger partial charge is 0.332 e. The Kier molecular flexibility index (Phi) is 3.66. The van der Waals surface area contributed by atoms with E-state index in [-0.39, 0.29) is 17.3 Å². The van der Waals surface area contributed by atoms with E-state index in [9.17, 15) is 18.9 Å². The molecule has 0 amide bonds. The van der Waals surface area contributed by atoms with E-state index in [2.05, 4.69) is 15.3 Å². The lowest BCUT2D eigenvalue weighted by atomic mass is 10.3. The summed E-state index contributed by atoms with van der Waals surface area (Å²) < 4.78 is 26.3. The van der Waals surface area contributed by atoms with Crippen LogP contribution in [-0.2, 0) is 0 Å². The molecule has 2 rings (SSSR count). The van der Waals surface area contributed by atoms with E-state index in [1.54, 1.807) is 0 Å². The first kappa shape index (κ1) is 13.5. The lowest BCUT2D eigenvalue weighted by molar-refractivity contribution is -0.383. The maximum absolute atomic E-state index is 13.5. The molecule has 0 unspecified atom stereocenters. The van der Waals surface area contributed by atoms with Crippen LogP contribution in [0.2, 0.25) is 0 Å². The molecule has 1 heterocycles. The number of nitrogens with zero attached hydrogens (tertiary/aromatic N) is 3. The predicted octanol–water partition coefficient (Wildman–Crippen LogP) is 1.69. The Morgan fingerprint density at radius 1 is 1.25 bits per heavy atom. The van der Waals surface area contributed by atoms with Crippen LogP contribution in [-0.4, -0.2) is 14.9 Å². The number of benzene rings is 1. The van der Waals surface area contributed by atoms with Crippen molar-refractivity contribution in [2.45, 2.75) is 0 Å². The van der Waals surface area contributed by atoms with Crippen molar-refractivity contribution in [2.75, 3.05) is 10.7 Å². The Balaban J connectivity index is 2.45. The average molecular weight is 282 g/mol. The zero-order valence-corrected chi connectivity index (χ0v) is 9.80. The number of hydrazine groups is 1. The Morgan fingerprint density at radius 3 is 2.55 bits per heavy atom. The normalized spacial score (nSPS) is 10.2. The van der Waals surface area contributed by atoms with Crippen molar-refractivity contribution in [3.05, 3.63) is 46.3 Å². The van der Waals surface area contributed by atoms with Gasteiger partial charge in [0, 0.05) is 6.07 Å². The number of anilines is 3. The Morgan fingerprint density at radius 2 is 1.95 bits per heavy atom. The molecule has 0 atom stereocenters. The molecule has 2 aromatic rings. The summed E-state index contributed by atoms with van der Waals surface area (Å²) in [6.07, 6.45) is 1.01. The molecular weight excluding hydrogens is 274 g/mol. The highest BCUT2D eigenvalue weighted by atomic mass is 19.1. The molecule has 0 spiro atoms. The van der Waals surface area contributed by atoms with Gasteiger partial charge >= 0.3 is 5.69 Å². The average Bonchev–Trinajstić information content (AvgIpc) is 2.41. The second-order valence-corrected chi connectivity index (χ2v) is 3.57. The third kappa shape index (κ3) is 2.59. The highest BCUT2D eigenvalue weighted by Crippen LogP contribution is 2.31. The van der Waals surface area contributed by atoms with E-state index in [4.69, 9.17) is 5.84 Å². The van der Waals surface area contributed by atoms with Gasteiger partial charge in [0.2, 0.25) is 11.6 Å².